The molecule has 0 heterocycles. The van der Waals surface area contributed by atoms with Crippen LogP contribution in [0.15, 0.2) is 48.5 Å². The van der Waals surface area contributed by atoms with Crippen molar-refractivity contribution >= 4 is 11.4 Å². The van der Waals surface area contributed by atoms with Gasteiger partial charge in [-0.1, -0.05) is 42.8 Å². The van der Waals surface area contributed by atoms with E-state index in [1.165, 1.54) is 5.56 Å². The Hall–Kier alpha value is -1.80. The van der Waals surface area contributed by atoms with Crippen LogP contribution in [0, 0.1) is 6.92 Å². The lowest BCUT2D eigenvalue weighted by molar-refractivity contribution is 0.174. The van der Waals surface area contributed by atoms with Crippen LogP contribution in [0.25, 0.3) is 0 Å². The lowest BCUT2D eigenvalue weighted by Gasteiger charge is -2.27. The normalized spacial score (nSPS) is 12.2. The summed E-state index contributed by atoms with van der Waals surface area (Å²) in [4.78, 5) is 2.24. The Kier molecular flexibility index (Phi) is 4.80. The molecule has 0 bridgehead atoms. The molecule has 0 aliphatic carbocycles. The van der Waals surface area contributed by atoms with Crippen molar-refractivity contribution in [3.8, 4) is 0 Å². The minimum atomic E-state index is -0.411. The summed E-state index contributed by atoms with van der Waals surface area (Å²) < 4.78 is 0. The fourth-order valence-corrected chi connectivity index (χ4v) is 2.45. The van der Waals surface area contributed by atoms with Crippen molar-refractivity contribution in [2.24, 2.45) is 0 Å². The van der Waals surface area contributed by atoms with Gasteiger partial charge in [0.05, 0.1) is 6.10 Å². The number of rotatable bonds is 5. The first-order valence-electron chi connectivity index (χ1n) is 7.28. The number of nitrogens with zero attached hydrogens (tertiary/aromatic N) is 1. The van der Waals surface area contributed by atoms with Gasteiger partial charge in [-0.25, -0.2) is 0 Å². The van der Waals surface area contributed by atoms with Crippen molar-refractivity contribution in [1.82, 2.24) is 0 Å². The molecule has 2 aromatic carbocycles. The standard InChI is InChI=1S/C18H23NO/c1-4-18(20)16-8-6-7-9-17(16)19(5-2)15-12-10-14(3)11-13-15/h6-13,18,20H,4-5H2,1-3H3. The van der Waals surface area contributed by atoms with E-state index in [-0.39, 0.29) is 0 Å². The molecule has 0 aromatic heterocycles. The van der Waals surface area contributed by atoms with E-state index in [9.17, 15) is 5.11 Å². The zero-order valence-corrected chi connectivity index (χ0v) is 12.5. The number of aryl methyl sites for hydroxylation is 1. The SMILES string of the molecule is CCC(O)c1ccccc1N(CC)c1ccc(C)cc1. The average Bonchev–Trinajstić information content (AvgIpc) is 2.49. The number of aliphatic hydroxyl groups excluding tert-OH is 1. The number of hydrogen-bond donors (Lipinski definition) is 1. The number of anilines is 2. The molecule has 1 atom stereocenters. The number of aliphatic hydroxyl groups is 1. The molecule has 2 heteroatoms. The minimum Gasteiger partial charge on any atom is -0.388 e. The van der Waals surface area contributed by atoms with E-state index in [1.807, 2.05) is 25.1 Å². The Morgan fingerprint density at radius 1 is 1.00 bits per heavy atom. The average molecular weight is 269 g/mol. The minimum absolute atomic E-state index is 0.411. The first kappa shape index (κ1) is 14.6. The molecule has 0 saturated carbocycles. The molecule has 0 aliphatic heterocycles. The van der Waals surface area contributed by atoms with Crippen LogP contribution in [-0.4, -0.2) is 11.7 Å². The highest BCUT2D eigenvalue weighted by atomic mass is 16.3. The van der Waals surface area contributed by atoms with Crippen molar-refractivity contribution in [3.63, 3.8) is 0 Å². The molecular formula is C18H23NO. The fourth-order valence-electron chi connectivity index (χ4n) is 2.45. The van der Waals surface area contributed by atoms with E-state index in [1.54, 1.807) is 0 Å². The highest BCUT2D eigenvalue weighted by molar-refractivity contribution is 5.67. The molecule has 1 unspecified atom stereocenters. The molecule has 20 heavy (non-hydrogen) atoms. The highest BCUT2D eigenvalue weighted by Crippen LogP contribution is 2.32. The summed E-state index contributed by atoms with van der Waals surface area (Å²) >= 11 is 0. The summed E-state index contributed by atoms with van der Waals surface area (Å²) in [6, 6.07) is 16.6. The van der Waals surface area contributed by atoms with Gasteiger partial charge in [0.25, 0.3) is 0 Å². The third-order valence-corrected chi connectivity index (χ3v) is 3.64. The topological polar surface area (TPSA) is 23.5 Å². The number of hydrogen-bond acceptors (Lipinski definition) is 2. The van der Waals surface area contributed by atoms with Crippen molar-refractivity contribution < 1.29 is 5.11 Å². The highest BCUT2D eigenvalue weighted by Gasteiger charge is 2.15. The summed E-state index contributed by atoms with van der Waals surface area (Å²) in [5.74, 6) is 0. The van der Waals surface area contributed by atoms with Crippen LogP contribution in [-0.2, 0) is 0 Å². The fraction of sp³-hybridized carbons (Fsp3) is 0.333. The second-order valence-electron chi connectivity index (χ2n) is 5.06. The van der Waals surface area contributed by atoms with Crippen molar-refractivity contribution in [3.05, 3.63) is 59.7 Å². The largest absolute Gasteiger partial charge is 0.388 e. The molecule has 2 nitrogen and oxygen atoms in total. The van der Waals surface area contributed by atoms with Gasteiger partial charge in [-0.2, -0.15) is 0 Å². The quantitative estimate of drug-likeness (QED) is 0.857. The number of benzene rings is 2. The van der Waals surface area contributed by atoms with E-state index < -0.39 is 6.10 Å². The second kappa shape index (κ2) is 6.58. The Balaban J connectivity index is 2.44. The molecule has 1 N–H and O–H groups in total. The molecule has 0 spiro atoms. The van der Waals surface area contributed by atoms with Crippen LogP contribution in [0.2, 0.25) is 0 Å². The van der Waals surface area contributed by atoms with Gasteiger partial charge in [-0.3, -0.25) is 0 Å². The smallest absolute Gasteiger partial charge is 0.0807 e. The predicted molar refractivity (Wildman–Crippen MR) is 85.6 cm³/mol. The summed E-state index contributed by atoms with van der Waals surface area (Å²) in [6.45, 7) is 7.10. The van der Waals surface area contributed by atoms with Crippen LogP contribution in [0.5, 0.6) is 0 Å². The molecule has 0 amide bonds. The maximum Gasteiger partial charge on any atom is 0.0807 e. The Morgan fingerprint density at radius 2 is 1.65 bits per heavy atom. The number of para-hydroxylation sites is 1. The van der Waals surface area contributed by atoms with E-state index >= 15 is 0 Å². The molecule has 0 aliphatic rings. The lowest BCUT2D eigenvalue weighted by Crippen LogP contribution is -2.18. The van der Waals surface area contributed by atoms with Gasteiger partial charge in [0.15, 0.2) is 0 Å². The van der Waals surface area contributed by atoms with Gasteiger partial charge in [0.1, 0.15) is 0 Å². The van der Waals surface area contributed by atoms with Crippen LogP contribution in [0.4, 0.5) is 11.4 Å². The van der Waals surface area contributed by atoms with Crippen LogP contribution >= 0.6 is 0 Å². The maximum atomic E-state index is 10.2. The molecule has 2 aromatic rings. The first-order valence-corrected chi connectivity index (χ1v) is 7.28. The summed E-state index contributed by atoms with van der Waals surface area (Å²) in [7, 11) is 0. The third kappa shape index (κ3) is 3.02. The zero-order chi connectivity index (χ0) is 14.5. The van der Waals surface area contributed by atoms with Gasteiger partial charge in [-0.15, -0.1) is 0 Å². The molecule has 0 saturated heterocycles. The van der Waals surface area contributed by atoms with Gasteiger partial charge < -0.3 is 10.0 Å². The van der Waals surface area contributed by atoms with Crippen LogP contribution in [0.1, 0.15) is 37.5 Å². The van der Waals surface area contributed by atoms with E-state index in [2.05, 4.69) is 49.1 Å². The van der Waals surface area contributed by atoms with E-state index in [0.29, 0.717) is 0 Å². The Labute approximate surface area is 121 Å². The molecule has 0 fully saturated rings. The Morgan fingerprint density at radius 3 is 2.25 bits per heavy atom. The van der Waals surface area contributed by atoms with Gasteiger partial charge in [-0.05, 0) is 38.5 Å². The van der Waals surface area contributed by atoms with Gasteiger partial charge >= 0.3 is 0 Å². The third-order valence-electron chi connectivity index (χ3n) is 3.64. The second-order valence-corrected chi connectivity index (χ2v) is 5.06. The van der Waals surface area contributed by atoms with Crippen molar-refractivity contribution in [2.75, 3.05) is 11.4 Å². The van der Waals surface area contributed by atoms with Crippen molar-refractivity contribution in [2.45, 2.75) is 33.3 Å². The van der Waals surface area contributed by atoms with Gasteiger partial charge in [0, 0.05) is 23.5 Å². The monoisotopic (exact) mass is 269 g/mol. The van der Waals surface area contributed by atoms with Gasteiger partial charge in [0.2, 0.25) is 0 Å². The van der Waals surface area contributed by atoms with E-state index in [0.717, 1.165) is 29.9 Å². The maximum absolute atomic E-state index is 10.2. The zero-order valence-electron chi connectivity index (χ0n) is 12.5. The summed E-state index contributed by atoms with van der Waals surface area (Å²) in [6.07, 6.45) is 0.313. The molecule has 0 radical (unpaired) electrons. The van der Waals surface area contributed by atoms with Crippen LogP contribution in [0.3, 0.4) is 0 Å². The lowest BCUT2D eigenvalue weighted by atomic mass is 10.0. The molecule has 2 rings (SSSR count). The predicted octanol–water partition coefficient (Wildman–Crippen LogP) is 4.60. The molecular weight excluding hydrogens is 246 g/mol. The first-order chi connectivity index (χ1) is 9.67. The van der Waals surface area contributed by atoms with Crippen LogP contribution < -0.4 is 4.90 Å². The summed E-state index contributed by atoms with van der Waals surface area (Å²) in [5.41, 5.74) is 4.51. The van der Waals surface area contributed by atoms with E-state index in [4.69, 9.17) is 0 Å². The van der Waals surface area contributed by atoms with Crippen molar-refractivity contribution in [1.29, 1.82) is 0 Å². The molecule has 106 valence electrons. The Bertz CT molecular complexity index is 548. The summed E-state index contributed by atoms with van der Waals surface area (Å²) in [5, 5.41) is 10.2.